The first-order valence-corrected chi connectivity index (χ1v) is 9.67. The zero-order chi connectivity index (χ0) is 19.5. The van der Waals surface area contributed by atoms with Crippen LogP contribution >= 0.6 is 0 Å². The average molecular weight is 376 g/mol. The van der Waals surface area contributed by atoms with Gasteiger partial charge < -0.3 is 9.47 Å². The fourth-order valence-corrected chi connectivity index (χ4v) is 3.87. The number of carbonyl (C=O) groups is 1. The molecule has 6 heteroatoms. The van der Waals surface area contributed by atoms with E-state index < -0.39 is 0 Å². The molecule has 0 spiro atoms. The van der Waals surface area contributed by atoms with Gasteiger partial charge in [-0.15, -0.1) is 0 Å². The van der Waals surface area contributed by atoms with Crippen LogP contribution in [0.4, 0.5) is 0 Å². The second kappa shape index (κ2) is 7.84. The Balaban J connectivity index is 1.47. The number of nitrogens with zero attached hydrogens (tertiary/aromatic N) is 4. The minimum absolute atomic E-state index is 0.0721. The summed E-state index contributed by atoms with van der Waals surface area (Å²) in [5.74, 6) is 0.0952. The molecular formula is C22H24N4O2. The van der Waals surface area contributed by atoms with Gasteiger partial charge in [-0.25, -0.2) is 0 Å². The number of aryl methyl sites for hydroxylation is 2. The van der Waals surface area contributed by atoms with Crippen molar-refractivity contribution in [1.82, 2.24) is 19.2 Å². The smallest absolute Gasteiger partial charge is 0.250 e. The molecule has 28 heavy (non-hydrogen) atoms. The second-order valence-corrected chi connectivity index (χ2v) is 7.13. The maximum absolute atomic E-state index is 12.7. The van der Waals surface area contributed by atoms with Crippen LogP contribution in [0.25, 0.3) is 11.3 Å². The molecule has 2 aromatic heterocycles. The molecule has 1 aromatic carbocycles. The highest BCUT2D eigenvalue weighted by molar-refractivity contribution is 5.76. The van der Waals surface area contributed by atoms with Crippen LogP contribution in [0.5, 0.6) is 0 Å². The van der Waals surface area contributed by atoms with E-state index in [1.165, 1.54) is 17.3 Å². The Labute approximate surface area is 164 Å². The monoisotopic (exact) mass is 376 g/mol. The standard InChI is InChI=1S/C22H24N4O2/c1-24-19-11-15-26(21(28)12-16-25-13-6-5-9-20(25)27)14-10-18(19)22(23-24)17-7-3-2-4-8-17/h2-9,13H,10-12,14-16H2,1H3. The third-order valence-corrected chi connectivity index (χ3v) is 5.39. The first-order chi connectivity index (χ1) is 13.6. The molecule has 1 amide bonds. The van der Waals surface area contributed by atoms with Gasteiger partial charge in [-0.3, -0.25) is 14.3 Å². The third kappa shape index (κ3) is 3.63. The molecule has 0 saturated carbocycles. The molecule has 1 aliphatic heterocycles. The van der Waals surface area contributed by atoms with Crippen molar-refractivity contribution in [1.29, 1.82) is 0 Å². The van der Waals surface area contributed by atoms with E-state index in [0.717, 1.165) is 24.1 Å². The van der Waals surface area contributed by atoms with E-state index in [2.05, 4.69) is 12.1 Å². The SMILES string of the molecule is Cn1nc(-c2ccccc2)c2c1CCN(C(=O)CCn1ccccc1=O)CC2. The number of pyridine rings is 1. The number of aromatic nitrogens is 3. The summed E-state index contributed by atoms with van der Waals surface area (Å²) in [6.45, 7) is 1.78. The molecular weight excluding hydrogens is 352 g/mol. The number of carbonyl (C=O) groups excluding carboxylic acids is 1. The molecule has 0 N–H and O–H groups in total. The van der Waals surface area contributed by atoms with Gasteiger partial charge in [-0.2, -0.15) is 5.10 Å². The van der Waals surface area contributed by atoms with E-state index in [9.17, 15) is 9.59 Å². The number of hydrogen-bond acceptors (Lipinski definition) is 3. The maximum atomic E-state index is 12.7. The highest BCUT2D eigenvalue weighted by Gasteiger charge is 2.24. The predicted molar refractivity (Wildman–Crippen MR) is 108 cm³/mol. The van der Waals surface area contributed by atoms with Gasteiger partial charge in [-0.05, 0) is 12.5 Å². The Morgan fingerprint density at radius 1 is 1.04 bits per heavy atom. The molecule has 0 radical (unpaired) electrons. The van der Waals surface area contributed by atoms with Crippen molar-refractivity contribution in [3.8, 4) is 11.3 Å². The van der Waals surface area contributed by atoms with Crippen LogP contribution in [0.1, 0.15) is 17.7 Å². The van der Waals surface area contributed by atoms with Gasteiger partial charge in [0.1, 0.15) is 0 Å². The van der Waals surface area contributed by atoms with Gasteiger partial charge in [0.2, 0.25) is 5.91 Å². The van der Waals surface area contributed by atoms with E-state index in [4.69, 9.17) is 5.10 Å². The Bertz CT molecular complexity index is 1040. The maximum Gasteiger partial charge on any atom is 0.250 e. The molecule has 0 aliphatic carbocycles. The summed E-state index contributed by atoms with van der Waals surface area (Å²) in [5, 5.41) is 4.73. The lowest BCUT2D eigenvalue weighted by Gasteiger charge is -2.20. The van der Waals surface area contributed by atoms with Gasteiger partial charge in [-0.1, -0.05) is 36.4 Å². The number of hydrogen-bond donors (Lipinski definition) is 0. The van der Waals surface area contributed by atoms with E-state index in [-0.39, 0.29) is 11.5 Å². The topological polar surface area (TPSA) is 60.1 Å². The fourth-order valence-electron chi connectivity index (χ4n) is 3.87. The zero-order valence-corrected chi connectivity index (χ0v) is 16.0. The molecule has 6 nitrogen and oxygen atoms in total. The van der Waals surface area contributed by atoms with Crippen LogP contribution in [-0.4, -0.2) is 38.2 Å². The van der Waals surface area contributed by atoms with Gasteiger partial charge >= 0.3 is 0 Å². The summed E-state index contributed by atoms with van der Waals surface area (Å²) >= 11 is 0. The van der Waals surface area contributed by atoms with Gasteiger partial charge in [0.15, 0.2) is 0 Å². The Morgan fingerprint density at radius 2 is 1.79 bits per heavy atom. The number of fused-ring (bicyclic) bond motifs is 1. The van der Waals surface area contributed by atoms with Crippen LogP contribution in [0.3, 0.4) is 0 Å². The van der Waals surface area contributed by atoms with Crippen molar-refractivity contribution in [3.05, 3.63) is 76.3 Å². The number of amides is 1. The molecule has 3 heterocycles. The molecule has 1 aliphatic rings. The van der Waals surface area contributed by atoms with E-state index in [1.807, 2.05) is 40.9 Å². The molecule has 0 saturated heterocycles. The highest BCUT2D eigenvalue weighted by atomic mass is 16.2. The van der Waals surface area contributed by atoms with Crippen molar-refractivity contribution in [2.75, 3.05) is 13.1 Å². The highest BCUT2D eigenvalue weighted by Crippen LogP contribution is 2.28. The minimum Gasteiger partial charge on any atom is -0.342 e. The van der Waals surface area contributed by atoms with Gasteiger partial charge in [0.05, 0.1) is 5.69 Å². The van der Waals surface area contributed by atoms with Crippen LogP contribution in [0.15, 0.2) is 59.5 Å². The largest absolute Gasteiger partial charge is 0.342 e. The third-order valence-electron chi connectivity index (χ3n) is 5.39. The van der Waals surface area contributed by atoms with Gasteiger partial charge in [0, 0.05) is 68.6 Å². The lowest BCUT2D eigenvalue weighted by Crippen LogP contribution is -2.34. The molecule has 0 unspecified atom stereocenters. The average Bonchev–Trinajstić information content (AvgIpc) is 2.89. The van der Waals surface area contributed by atoms with Crippen LogP contribution in [0.2, 0.25) is 0 Å². The number of benzene rings is 1. The second-order valence-electron chi connectivity index (χ2n) is 7.13. The quantitative estimate of drug-likeness (QED) is 0.702. The van der Waals surface area contributed by atoms with Crippen LogP contribution < -0.4 is 5.56 Å². The Hall–Kier alpha value is -3.15. The van der Waals surface area contributed by atoms with Crippen molar-refractivity contribution in [2.45, 2.75) is 25.8 Å². The van der Waals surface area contributed by atoms with Crippen molar-refractivity contribution < 1.29 is 4.79 Å². The van der Waals surface area contributed by atoms with E-state index in [1.54, 1.807) is 16.8 Å². The van der Waals surface area contributed by atoms with E-state index in [0.29, 0.717) is 26.1 Å². The van der Waals surface area contributed by atoms with Crippen molar-refractivity contribution >= 4 is 5.91 Å². The van der Waals surface area contributed by atoms with Gasteiger partial charge in [0.25, 0.3) is 5.56 Å². The molecule has 0 fully saturated rings. The van der Waals surface area contributed by atoms with Crippen molar-refractivity contribution in [2.24, 2.45) is 7.05 Å². The number of rotatable bonds is 4. The fraction of sp³-hybridized carbons (Fsp3) is 0.318. The summed E-state index contributed by atoms with van der Waals surface area (Å²) in [5.41, 5.74) is 4.50. The molecule has 144 valence electrons. The molecule has 0 atom stereocenters. The Morgan fingerprint density at radius 3 is 2.57 bits per heavy atom. The summed E-state index contributed by atoms with van der Waals surface area (Å²) in [6.07, 6.45) is 3.66. The van der Waals surface area contributed by atoms with Crippen LogP contribution in [0, 0.1) is 0 Å². The summed E-state index contributed by atoms with van der Waals surface area (Å²) in [7, 11) is 1.98. The summed E-state index contributed by atoms with van der Waals surface area (Å²) in [6, 6.07) is 15.2. The molecule has 4 rings (SSSR count). The molecule has 0 bridgehead atoms. The minimum atomic E-state index is -0.0721. The first kappa shape index (κ1) is 18.2. The summed E-state index contributed by atoms with van der Waals surface area (Å²) < 4.78 is 3.54. The predicted octanol–water partition coefficient (Wildman–Crippen LogP) is 2.27. The van der Waals surface area contributed by atoms with Crippen LogP contribution in [-0.2, 0) is 31.2 Å². The Kier molecular flexibility index (Phi) is 5.10. The molecule has 3 aromatic rings. The van der Waals surface area contributed by atoms with E-state index >= 15 is 0 Å². The summed E-state index contributed by atoms with van der Waals surface area (Å²) in [4.78, 5) is 26.5. The lowest BCUT2D eigenvalue weighted by atomic mass is 10.0. The normalized spacial score (nSPS) is 13.8. The lowest BCUT2D eigenvalue weighted by molar-refractivity contribution is -0.131. The van der Waals surface area contributed by atoms with Crippen molar-refractivity contribution in [3.63, 3.8) is 0 Å². The first-order valence-electron chi connectivity index (χ1n) is 9.67. The zero-order valence-electron chi connectivity index (χ0n) is 16.0.